The topological polar surface area (TPSA) is 12.5 Å². The fourth-order valence-electron chi connectivity index (χ4n) is 3.20. The average molecular weight is 197 g/mol. The average Bonchev–Trinajstić information content (AvgIpc) is 2.29. The number of hydrogen-bond donors (Lipinski definition) is 0. The standard InChI is InChI=1S/C12H23NO/c1-13-7-6-11-5-3-4-10(9-13)8-12(11)14-2/h10-12H,3-9H2,1-2H3. The zero-order valence-corrected chi connectivity index (χ0v) is 9.54. The normalized spacial score (nSPS) is 40.3. The summed E-state index contributed by atoms with van der Waals surface area (Å²) in [5, 5.41) is 0. The van der Waals surface area contributed by atoms with Crippen LogP contribution < -0.4 is 0 Å². The molecule has 0 spiro atoms. The van der Waals surface area contributed by atoms with Crippen LogP contribution in [0, 0.1) is 11.8 Å². The van der Waals surface area contributed by atoms with Crippen molar-refractivity contribution < 1.29 is 4.74 Å². The first-order chi connectivity index (χ1) is 6.79. The number of likely N-dealkylation sites (tertiary alicyclic amines) is 1. The third-order valence-electron chi connectivity index (χ3n) is 4.03. The fraction of sp³-hybridized carbons (Fsp3) is 1.00. The summed E-state index contributed by atoms with van der Waals surface area (Å²) in [4.78, 5) is 2.51. The maximum Gasteiger partial charge on any atom is 0.0603 e. The van der Waals surface area contributed by atoms with Gasteiger partial charge in [0.15, 0.2) is 0 Å². The van der Waals surface area contributed by atoms with Gasteiger partial charge in [0.1, 0.15) is 0 Å². The van der Waals surface area contributed by atoms with Gasteiger partial charge in [0.25, 0.3) is 0 Å². The van der Waals surface area contributed by atoms with Gasteiger partial charge in [0.05, 0.1) is 6.10 Å². The Morgan fingerprint density at radius 1 is 1.21 bits per heavy atom. The number of methoxy groups -OCH3 is 1. The highest BCUT2D eigenvalue weighted by molar-refractivity contribution is 4.83. The highest BCUT2D eigenvalue weighted by Gasteiger charge is 2.30. The molecule has 2 heteroatoms. The lowest BCUT2D eigenvalue weighted by Crippen LogP contribution is -2.35. The van der Waals surface area contributed by atoms with Gasteiger partial charge in [-0.3, -0.25) is 0 Å². The third kappa shape index (κ3) is 2.29. The Morgan fingerprint density at radius 3 is 2.86 bits per heavy atom. The smallest absolute Gasteiger partial charge is 0.0603 e. The van der Waals surface area contributed by atoms with Crippen LogP contribution in [0.4, 0.5) is 0 Å². The molecule has 2 bridgehead atoms. The van der Waals surface area contributed by atoms with Crippen LogP contribution in [-0.4, -0.2) is 38.3 Å². The Kier molecular flexibility index (Phi) is 3.45. The van der Waals surface area contributed by atoms with Gasteiger partial charge in [-0.05, 0) is 51.1 Å². The molecule has 14 heavy (non-hydrogen) atoms. The zero-order valence-electron chi connectivity index (χ0n) is 9.54. The van der Waals surface area contributed by atoms with E-state index in [9.17, 15) is 0 Å². The molecule has 2 fully saturated rings. The van der Waals surface area contributed by atoms with Gasteiger partial charge in [-0.25, -0.2) is 0 Å². The van der Waals surface area contributed by atoms with E-state index in [4.69, 9.17) is 4.74 Å². The minimum Gasteiger partial charge on any atom is -0.381 e. The molecule has 0 amide bonds. The first-order valence-corrected chi connectivity index (χ1v) is 6.01. The third-order valence-corrected chi connectivity index (χ3v) is 4.03. The molecule has 2 aliphatic rings. The van der Waals surface area contributed by atoms with Gasteiger partial charge in [-0.1, -0.05) is 6.42 Å². The quantitative estimate of drug-likeness (QED) is 0.638. The zero-order chi connectivity index (χ0) is 9.97. The SMILES string of the molecule is COC1CC2CCCC1CCN(C)C2. The van der Waals surface area contributed by atoms with Gasteiger partial charge in [0.2, 0.25) is 0 Å². The van der Waals surface area contributed by atoms with Crippen LogP contribution in [0.3, 0.4) is 0 Å². The van der Waals surface area contributed by atoms with Gasteiger partial charge < -0.3 is 9.64 Å². The molecule has 1 heterocycles. The largest absolute Gasteiger partial charge is 0.381 e. The molecule has 3 unspecified atom stereocenters. The lowest BCUT2D eigenvalue weighted by atomic mass is 9.90. The van der Waals surface area contributed by atoms with E-state index < -0.39 is 0 Å². The van der Waals surface area contributed by atoms with E-state index in [1.54, 1.807) is 0 Å². The second kappa shape index (κ2) is 4.63. The predicted molar refractivity (Wildman–Crippen MR) is 58.4 cm³/mol. The molecular formula is C12H23NO. The highest BCUT2D eigenvalue weighted by Crippen LogP contribution is 2.33. The van der Waals surface area contributed by atoms with Gasteiger partial charge in [-0.15, -0.1) is 0 Å². The molecule has 0 aromatic rings. The molecule has 0 radical (unpaired) electrons. The molecule has 1 aliphatic heterocycles. The Bertz CT molecular complexity index is 183. The number of hydrogen-bond acceptors (Lipinski definition) is 2. The van der Waals surface area contributed by atoms with Crippen molar-refractivity contribution in [1.29, 1.82) is 0 Å². The summed E-state index contributed by atoms with van der Waals surface area (Å²) in [6.45, 7) is 2.55. The molecule has 0 aromatic carbocycles. The van der Waals surface area contributed by atoms with E-state index >= 15 is 0 Å². The van der Waals surface area contributed by atoms with Crippen LogP contribution in [-0.2, 0) is 4.74 Å². The number of fused-ring (bicyclic) bond motifs is 3. The molecular weight excluding hydrogens is 174 g/mol. The van der Waals surface area contributed by atoms with Crippen molar-refractivity contribution in [1.82, 2.24) is 4.90 Å². The van der Waals surface area contributed by atoms with Crippen molar-refractivity contribution in [2.75, 3.05) is 27.2 Å². The minimum atomic E-state index is 0.552. The number of rotatable bonds is 1. The maximum atomic E-state index is 5.66. The summed E-state index contributed by atoms with van der Waals surface area (Å²) in [5.74, 6) is 1.71. The Labute approximate surface area is 87.6 Å². The second-order valence-electron chi connectivity index (χ2n) is 5.12. The van der Waals surface area contributed by atoms with Crippen molar-refractivity contribution in [3.63, 3.8) is 0 Å². The summed E-state index contributed by atoms with van der Waals surface area (Å²) in [5.41, 5.74) is 0. The Hall–Kier alpha value is -0.0800. The molecule has 1 saturated carbocycles. The number of nitrogens with zero attached hydrogens (tertiary/aromatic N) is 1. The van der Waals surface area contributed by atoms with E-state index in [1.165, 1.54) is 45.2 Å². The van der Waals surface area contributed by atoms with Crippen LogP contribution in [0.2, 0.25) is 0 Å². The monoisotopic (exact) mass is 197 g/mol. The molecule has 82 valence electrons. The molecule has 0 aromatic heterocycles. The summed E-state index contributed by atoms with van der Waals surface area (Å²) in [6.07, 6.45) is 7.41. The predicted octanol–water partition coefficient (Wildman–Crippen LogP) is 2.14. The van der Waals surface area contributed by atoms with Crippen LogP contribution in [0.1, 0.15) is 32.1 Å². The van der Waals surface area contributed by atoms with Crippen molar-refractivity contribution in [2.24, 2.45) is 11.8 Å². The Balaban J connectivity index is 2.07. The highest BCUT2D eigenvalue weighted by atomic mass is 16.5. The van der Waals surface area contributed by atoms with Crippen LogP contribution in [0.25, 0.3) is 0 Å². The first-order valence-electron chi connectivity index (χ1n) is 6.01. The Morgan fingerprint density at radius 2 is 2.07 bits per heavy atom. The maximum absolute atomic E-state index is 5.66. The molecule has 0 N–H and O–H groups in total. The summed E-state index contributed by atoms with van der Waals surface area (Å²) >= 11 is 0. The summed E-state index contributed by atoms with van der Waals surface area (Å²) in [7, 11) is 4.16. The van der Waals surface area contributed by atoms with Crippen LogP contribution in [0.5, 0.6) is 0 Å². The minimum absolute atomic E-state index is 0.552. The van der Waals surface area contributed by atoms with Crippen molar-refractivity contribution in [3.05, 3.63) is 0 Å². The molecule has 1 saturated heterocycles. The van der Waals surface area contributed by atoms with Crippen LogP contribution in [0.15, 0.2) is 0 Å². The van der Waals surface area contributed by atoms with Crippen molar-refractivity contribution in [3.8, 4) is 0 Å². The molecule has 1 aliphatic carbocycles. The van der Waals surface area contributed by atoms with Gasteiger partial charge >= 0.3 is 0 Å². The second-order valence-corrected chi connectivity index (χ2v) is 5.12. The van der Waals surface area contributed by atoms with E-state index in [2.05, 4.69) is 11.9 Å². The fourth-order valence-corrected chi connectivity index (χ4v) is 3.20. The van der Waals surface area contributed by atoms with E-state index in [0.29, 0.717) is 6.10 Å². The van der Waals surface area contributed by atoms with E-state index in [-0.39, 0.29) is 0 Å². The molecule has 2 rings (SSSR count). The van der Waals surface area contributed by atoms with Gasteiger partial charge in [-0.2, -0.15) is 0 Å². The lowest BCUT2D eigenvalue weighted by molar-refractivity contribution is 0.0189. The first kappa shape index (κ1) is 10.4. The summed E-state index contributed by atoms with van der Waals surface area (Å²) < 4.78 is 5.66. The number of ether oxygens (including phenoxy) is 1. The lowest BCUT2D eigenvalue weighted by Gasteiger charge is -2.32. The molecule has 2 nitrogen and oxygen atoms in total. The summed E-state index contributed by atoms with van der Waals surface area (Å²) in [6, 6.07) is 0. The van der Waals surface area contributed by atoms with Gasteiger partial charge in [0, 0.05) is 13.7 Å². The van der Waals surface area contributed by atoms with E-state index in [1.807, 2.05) is 7.11 Å². The molecule has 3 atom stereocenters. The van der Waals surface area contributed by atoms with Crippen molar-refractivity contribution >= 4 is 0 Å². The van der Waals surface area contributed by atoms with Crippen molar-refractivity contribution in [2.45, 2.75) is 38.2 Å². The van der Waals surface area contributed by atoms with Crippen LogP contribution >= 0.6 is 0 Å². The van der Waals surface area contributed by atoms with E-state index in [0.717, 1.165) is 11.8 Å².